The van der Waals surface area contributed by atoms with Crippen LogP contribution in [0.1, 0.15) is 24.2 Å². The van der Waals surface area contributed by atoms with E-state index in [0.717, 1.165) is 13.1 Å². The highest BCUT2D eigenvalue weighted by molar-refractivity contribution is 5.95. The summed E-state index contributed by atoms with van der Waals surface area (Å²) in [5.41, 5.74) is 6.87. The standard InChI is InChI=1S/C14H23N3O2/c1-4-17(3)9-8-16-14(18)11-6-7-13(19-5-2)12(15)10-11/h6-7,10H,4-5,8-9,15H2,1-3H3,(H,16,18). The highest BCUT2D eigenvalue weighted by atomic mass is 16.5. The number of hydrogen-bond acceptors (Lipinski definition) is 4. The lowest BCUT2D eigenvalue weighted by molar-refractivity contribution is 0.0950. The molecule has 0 radical (unpaired) electrons. The molecule has 0 fully saturated rings. The van der Waals surface area contributed by atoms with E-state index in [2.05, 4.69) is 17.1 Å². The second kappa shape index (κ2) is 7.63. The Morgan fingerprint density at radius 2 is 2.16 bits per heavy atom. The Kier molecular flexibility index (Phi) is 6.15. The smallest absolute Gasteiger partial charge is 0.251 e. The normalized spacial score (nSPS) is 10.5. The molecule has 0 bridgehead atoms. The van der Waals surface area contributed by atoms with Crippen LogP contribution in [0.4, 0.5) is 5.69 Å². The fraction of sp³-hybridized carbons (Fsp3) is 0.500. The number of anilines is 1. The molecule has 5 heteroatoms. The molecule has 0 aliphatic carbocycles. The van der Waals surface area contributed by atoms with Crippen molar-refractivity contribution in [3.05, 3.63) is 23.8 Å². The van der Waals surface area contributed by atoms with Gasteiger partial charge in [0, 0.05) is 18.7 Å². The maximum Gasteiger partial charge on any atom is 0.251 e. The molecule has 0 atom stereocenters. The van der Waals surface area contributed by atoms with Gasteiger partial charge in [0.1, 0.15) is 5.75 Å². The molecular formula is C14H23N3O2. The maximum atomic E-state index is 11.9. The molecule has 0 aromatic heterocycles. The van der Waals surface area contributed by atoms with Gasteiger partial charge in [-0.05, 0) is 38.7 Å². The summed E-state index contributed by atoms with van der Waals surface area (Å²) in [7, 11) is 2.01. The monoisotopic (exact) mass is 265 g/mol. The molecule has 5 nitrogen and oxygen atoms in total. The number of hydrogen-bond donors (Lipinski definition) is 2. The molecule has 3 N–H and O–H groups in total. The van der Waals surface area contributed by atoms with Gasteiger partial charge in [0.25, 0.3) is 5.91 Å². The van der Waals surface area contributed by atoms with Gasteiger partial charge in [-0.15, -0.1) is 0 Å². The van der Waals surface area contributed by atoms with Crippen LogP contribution in [0.2, 0.25) is 0 Å². The molecule has 19 heavy (non-hydrogen) atoms. The Bertz CT molecular complexity index is 421. The maximum absolute atomic E-state index is 11.9. The number of amides is 1. The summed E-state index contributed by atoms with van der Waals surface area (Å²) in [6.07, 6.45) is 0. The van der Waals surface area contributed by atoms with E-state index in [4.69, 9.17) is 10.5 Å². The quantitative estimate of drug-likeness (QED) is 0.730. The number of ether oxygens (including phenoxy) is 1. The van der Waals surface area contributed by atoms with Crippen molar-refractivity contribution in [3.8, 4) is 5.75 Å². The van der Waals surface area contributed by atoms with E-state index in [-0.39, 0.29) is 5.91 Å². The SMILES string of the molecule is CCOc1ccc(C(=O)NCCN(C)CC)cc1N. The third-order valence-electron chi connectivity index (χ3n) is 2.89. The summed E-state index contributed by atoms with van der Waals surface area (Å²) < 4.78 is 5.34. The summed E-state index contributed by atoms with van der Waals surface area (Å²) in [4.78, 5) is 14.0. The van der Waals surface area contributed by atoms with Crippen molar-refractivity contribution in [1.82, 2.24) is 10.2 Å². The minimum atomic E-state index is -0.112. The summed E-state index contributed by atoms with van der Waals surface area (Å²) in [6.45, 7) is 6.94. The highest BCUT2D eigenvalue weighted by Gasteiger charge is 2.08. The van der Waals surface area contributed by atoms with Gasteiger partial charge in [-0.1, -0.05) is 6.92 Å². The molecule has 0 aliphatic rings. The predicted octanol–water partition coefficient (Wildman–Crippen LogP) is 1.35. The molecule has 1 aromatic rings. The Labute approximate surface area is 114 Å². The first-order valence-corrected chi connectivity index (χ1v) is 6.57. The Morgan fingerprint density at radius 3 is 2.74 bits per heavy atom. The molecule has 0 saturated heterocycles. The van der Waals surface area contributed by atoms with Gasteiger partial charge >= 0.3 is 0 Å². The lowest BCUT2D eigenvalue weighted by Gasteiger charge is -2.14. The second-order valence-corrected chi connectivity index (χ2v) is 4.34. The molecule has 1 amide bonds. The van der Waals surface area contributed by atoms with E-state index >= 15 is 0 Å². The van der Waals surface area contributed by atoms with Gasteiger partial charge in [-0.25, -0.2) is 0 Å². The Balaban J connectivity index is 2.55. The first-order chi connectivity index (χ1) is 9.08. The van der Waals surface area contributed by atoms with Crippen LogP contribution < -0.4 is 15.8 Å². The lowest BCUT2D eigenvalue weighted by Crippen LogP contribution is -2.32. The zero-order chi connectivity index (χ0) is 14.3. The summed E-state index contributed by atoms with van der Waals surface area (Å²) in [6, 6.07) is 5.09. The van der Waals surface area contributed by atoms with Gasteiger partial charge in [-0.3, -0.25) is 4.79 Å². The first kappa shape index (κ1) is 15.3. The van der Waals surface area contributed by atoms with Crippen molar-refractivity contribution in [2.24, 2.45) is 0 Å². The molecular weight excluding hydrogens is 242 g/mol. The third-order valence-corrected chi connectivity index (χ3v) is 2.89. The number of carbonyl (C=O) groups excluding carboxylic acids is 1. The van der Waals surface area contributed by atoms with Gasteiger partial charge in [-0.2, -0.15) is 0 Å². The van der Waals surface area contributed by atoms with E-state index in [0.29, 0.717) is 30.2 Å². The number of nitrogens with zero attached hydrogens (tertiary/aromatic N) is 1. The summed E-state index contributed by atoms with van der Waals surface area (Å²) in [5, 5.41) is 2.87. The lowest BCUT2D eigenvalue weighted by atomic mass is 10.1. The Hall–Kier alpha value is -1.75. The molecule has 1 aromatic carbocycles. The molecule has 0 unspecified atom stereocenters. The van der Waals surface area contributed by atoms with E-state index < -0.39 is 0 Å². The third kappa shape index (κ3) is 4.79. The van der Waals surface area contributed by atoms with Crippen LogP contribution in [-0.2, 0) is 0 Å². The van der Waals surface area contributed by atoms with Crippen LogP contribution in [0.5, 0.6) is 5.75 Å². The summed E-state index contributed by atoms with van der Waals surface area (Å²) >= 11 is 0. The van der Waals surface area contributed by atoms with Crippen molar-refractivity contribution in [2.75, 3.05) is 39.0 Å². The average Bonchev–Trinajstić information content (AvgIpc) is 2.40. The zero-order valence-corrected chi connectivity index (χ0v) is 11.9. The van der Waals surface area contributed by atoms with Crippen molar-refractivity contribution in [2.45, 2.75) is 13.8 Å². The van der Waals surface area contributed by atoms with Crippen LogP contribution >= 0.6 is 0 Å². The number of nitrogens with two attached hydrogens (primary N) is 1. The first-order valence-electron chi connectivity index (χ1n) is 6.57. The minimum absolute atomic E-state index is 0.112. The minimum Gasteiger partial charge on any atom is -0.492 e. The van der Waals surface area contributed by atoms with Gasteiger partial charge in [0.15, 0.2) is 0 Å². The van der Waals surface area contributed by atoms with Gasteiger partial charge in [0.05, 0.1) is 12.3 Å². The van der Waals surface area contributed by atoms with E-state index in [9.17, 15) is 4.79 Å². The number of likely N-dealkylation sites (N-methyl/N-ethyl adjacent to an activating group) is 1. The van der Waals surface area contributed by atoms with E-state index in [1.807, 2.05) is 14.0 Å². The molecule has 0 heterocycles. The summed E-state index contributed by atoms with van der Waals surface area (Å²) in [5.74, 6) is 0.504. The van der Waals surface area contributed by atoms with Crippen molar-refractivity contribution in [3.63, 3.8) is 0 Å². The largest absolute Gasteiger partial charge is 0.492 e. The second-order valence-electron chi connectivity index (χ2n) is 4.34. The van der Waals surface area contributed by atoms with Crippen molar-refractivity contribution < 1.29 is 9.53 Å². The van der Waals surface area contributed by atoms with E-state index in [1.165, 1.54) is 0 Å². The fourth-order valence-corrected chi connectivity index (χ4v) is 1.60. The number of nitrogen functional groups attached to an aromatic ring is 1. The van der Waals surface area contributed by atoms with Gasteiger partial charge < -0.3 is 20.7 Å². The van der Waals surface area contributed by atoms with Crippen LogP contribution in [-0.4, -0.2) is 44.1 Å². The number of nitrogens with one attached hydrogen (secondary N) is 1. The number of rotatable bonds is 7. The van der Waals surface area contributed by atoms with Gasteiger partial charge in [0.2, 0.25) is 0 Å². The van der Waals surface area contributed by atoms with Crippen molar-refractivity contribution in [1.29, 1.82) is 0 Å². The topological polar surface area (TPSA) is 67.6 Å². The highest BCUT2D eigenvalue weighted by Crippen LogP contribution is 2.22. The zero-order valence-electron chi connectivity index (χ0n) is 11.9. The Morgan fingerprint density at radius 1 is 1.42 bits per heavy atom. The number of carbonyl (C=O) groups is 1. The average molecular weight is 265 g/mol. The molecule has 0 aliphatic heterocycles. The van der Waals surface area contributed by atoms with Crippen LogP contribution in [0.25, 0.3) is 0 Å². The molecule has 0 saturated carbocycles. The molecule has 0 spiro atoms. The van der Waals surface area contributed by atoms with Crippen LogP contribution in [0, 0.1) is 0 Å². The van der Waals surface area contributed by atoms with Crippen molar-refractivity contribution >= 4 is 11.6 Å². The van der Waals surface area contributed by atoms with Crippen LogP contribution in [0.3, 0.4) is 0 Å². The van der Waals surface area contributed by atoms with E-state index in [1.54, 1.807) is 18.2 Å². The number of benzene rings is 1. The fourth-order valence-electron chi connectivity index (χ4n) is 1.60. The van der Waals surface area contributed by atoms with Crippen LogP contribution in [0.15, 0.2) is 18.2 Å². The predicted molar refractivity (Wildman–Crippen MR) is 77.5 cm³/mol. The molecule has 106 valence electrons. The molecule has 1 rings (SSSR count).